The van der Waals surface area contributed by atoms with Gasteiger partial charge in [0.05, 0.1) is 22.5 Å². The Morgan fingerprint density at radius 3 is 1.88 bits per heavy atom. The summed E-state index contributed by atoms with van der Waals surface area (Å²) in [5.74, 6) is -0.858. The monoisotopic (exact) mass is 493 g/mol. The Morgan fingerprint density at radius 2 is 1.31 bits per heavy atom. The number of para-hydroxylation sites is 1. The van der Waals surface area contributed by atoms with Crippen LogP contribution in [0, 0.1) is 0 Å². The summed E-state index contributed by atoms with van der Waals surface area (Å²) in [5, 5.41) is 9.85. The molecule has 0 aliphatic carbocycles. The highest BCUT2D eigenvalue weighted by atomic mass is 35.5. The number of rotatable bonds is 6. The van der Waals surface area contributed by atoms with Gasteiger partial charge in [-0.3, -0.25) is 31.3 Å². The van der Waals surface area contributed by atoms with Crippen LogP contribution in [0.15, 0.2) is 42.5 Å². The molecule has 2 aromatic rings. The van der Waals surface area contributed by atoms with Gasteiger partial charge >= 0.3 is 0 Å². The third-order valence-corrected chi connectivity index (χ3v) is 4.65. The van der Waals surface area contributed by atoms with Crippen LogP contribution in [-0.2, 0) is 0 Å². The van der Waals surface area contributed by atoms with Gasteiger partial charge in [0.25, 0.3) is 11.8 Å². The van der Waals surface area contributed by atoms with Gasteiger partial charge in [-0.2, -0.15) is 0 Å². The predicted octanol–water partition coefficient (Wildman–Crippen LogP) is 2.34. The lowest BCUT2D eigenvalue weighted by atomic mass is 10.1. The molecule has 7 N–H and O–H groups in total. The lowest BCUT2D eigenvalue weighted by Crippen LogP contribution is -2.47. The van der Waals surface area contributed by atoms with E-state index in [0.717, 1.165) is 0 Å². The Labute approximate surface area is 202 Å². The summed E-state index contributed by atoms with van der Waals surface area (Å²) in [5.41, 5.74) is 11.8. The van der Waals surface area contributed by atoms with Gasteiger partial charge in [-0.05, 0) is 68.6 Å². The van der Waals surface area contributed by atoms with Crippen molar-refractivity contribution in [1.29, 1.82) is 0 Å². The average molecular weight is 494 g/mol. The maximum atomic E-state index is 12.7. The molecule has 2 rings (SSSR count). The first-order valence-electron chi connectivity index (χ1n) is 9.69. The Bertz CT molecular complexity index is 1000. The molecule has 0 aliphatic rings. The molecule has 0 aliphatic heterocycles. The number of halogens is 1. The first-order valence-corrected chi connectivity index (χ1v) is 10.9. The van der Waals surface area contributed by atoms with Crippen LogP contribution < -0.4 is 37.7 Å². The van der Waals surface area contributed by atoms with Crippen LogP contribution in [0.4, 0.5) is 11.4 Å². The van der Waals surface area contributed by atoms with Crippen molar-refractivity contribution in [3.63, 3.8) is 0 Å². The molecule has 0 saturated carbocycles. The molecule has 0 heterocycles. The van der Waals surface area contributed by atoms with Gasteiger partial charge in [0, 0.05) is 18.1 Å². The minimum absolute atomic E-state index is 0.286. The molecule has 0 radical (unpaired) electrons. The number of carbonyl (C=O) groups excluding carboxylic acids is 2. The Hall–Kier alpha value is -3.15. The number of benzene rings is 2. The molecule has 9 nitrogen and oxygen atoms in total. The molecule has 32 heavy (non-hydrogen) atoms. The van der Waals surface area contributed by atoms with E-state index < -0.39 is 11.8 Å². The van der Waals surface area contributed by atoms with Gasteiger partial charge in [0.15, 0.2) is 10.2 Å². The Balaban J connectivity index is 2.21. The second-order valence-corrected chi connectivity index (χ2v) is 7.49. The topological polar surface area (TPSA) is 118 Å². The van der Waals surface area contributed by atoms with Crippen LogP contribution in [0.5, 0.6) is 0 Å². The molecule has 0 unspecified atom stereocenters. The van der Waals surface area contributed by atoms with Gasteiger partial charge in [0.1, 0.15) is 0 Å². The second kappa shape index (κ2) is 12.6. The zero-order chi connectivity index (χ0) is 23.5. The molecule has 0 atom stereocenters. The molecule has 0 aromatic heterocycles. The number of anilines is 2. The predicted molar refractivity (Wildman–Crippen MR) is 135 cm³/mol. The first-order chi connectivity index (χ1) is 15.3. The van der Waals surface area contributed by atoms with E-state index in [0.29, 0.717) is 45.7 Å². The minimum atomic E-state index is -0.441. The minimum Gasteiger partial charge on any atom is -0.362 e. The molecular weight excluding hydrogens is 470 g/mol. The maximum absolute atomic E-state index is 12.7. The van der Waals surface area contributed by atoms with Crippen molar-refractivity contribution in [2.45, 2.75) is 13.8 Å². The standard InChI is InChI=1S/C20H24ClN7O2S2/c1-3-22-19(31)27-25-17(29)13-7-5-6-8-15(13)24-16-11-12(21)9-10-14(16)18(30)26-28-20(32)23-4-2/h5-11,24H,3-4H2,1-2H3,(H,25,29)(H,26,30)(H2,22,27,31)(H2,23,28,32). The fraction of sp³-hybridized carbons (Fsp3) is 0.200. The number of hydrogen-bond donors (Lipinski definition) is 7. The lowest BCUT2D eigenvalue weighted by molar-refractivity contribution is 0.0937. The molecule has 0 spiro atoms. The first kappa shape index (κ1) is 25.1. The largest absolute Gasteiger partial charge is 0.362 e. The molecule has 2 amide bonds. The summed E-state index contributed by atoms with van der Waals surface area (Å²) >= 11 is 16.2. The molecule has 2 aromatic carbocycles. The summed E-state index contributed by atoms with van der Waals surface area (Å²) in [6, 6.07) is 11.6. The van der Waals surface area contributed by atoms with Crippen LogP contribution in [-0.4, -0.2) is 35.1 Å². The zero-order valence-electron chi connectivity index (χ0n) is 17.5. The molecule has 170 valence electrons. The van der Waals surface area contributed by atoms with Crippen molar-refractivity contribution >= 4 is 69.5 Å². The highest BCUT2D eigenvalue weighted by molar-refractivity contribution is 7.80. The smallest absolute Gasteiger partial charge is 0.271 e. The molecular formula is C20H24ClN7O2S2. The van der Waals surface area contributed by atoms with Crippen molar-refractivity contribution in [1.82, 2.24) is 32.3 Å². The SMILES string of the molecule is CCNC(=S)NNC(=O)c1ccccc1Nc1cc(Cl)ccc1C(=O)NNC(=S)NCC. The van der Waals surface area contributed by atoms with Gasteiger partial charge in [0.2, 0.25) is 0 Å². The van der Waals surface area contributed by atoms with E-state index in [9.17, 15) is 9.59 Å². The summed E-state index contributed by atoms with van der Waals surface area (Å²) in [6.45, 7) is 5.00. The molecule has 0 fully saturated rings. The summed E-state index contributed by atoms with van der Waals surface area (Å²) < 4.78 is 0. The van der Waals surface area contributed by atoms with Gasteiger partial charge in [-0.1, -0.05) is 23.7 Å². The van der Waals surface area contributed by atoms with E-state index in [1.807, 2.05) is 13.8 Å². The normalized spacial score (nSPS) is 9.84. The number of amides is 2. The Kier molecular flexibility index (Phi) is 9.92. The summed E-state index contributed by atoms with van der Waals surface area (Å²) in [7, 11) is 0. The number of carbonyl (C=O) groups is 2. The molecule has 12 heteroatoms. The van der Waals surface area contributed by atoms with E-state index in [-0.39, 0.29) is 5.11 Å². The summed E-state index contributed by atoms with van der Waals surface area (Å²) in [4.78, 5) is 25.3. The van der Waals surface area contributed by atoms with E-state index >= 15 is 0 Å². The highest BCUT2D eigenvalue weighted by Crippen LogP contribution is 2.27. The zero-order valence-corrected chi connectivity index (χ0v) is 19.9. The maximum Gasteiger partial charge on any atom is 0.271 e. The number of thiocarbonyl (C=S) groups is 2. The number of nitrogens with one attached hydrogen (secondary N) is 7. The van der Waals surface area contributed by atoms with E-state index in [1.165, 1.54) is 0 Å². The van der Waals surface area contributed by atoms with E-state index in [2.05, 4.69) is 37.7 Å². The fourth-order valence-corrected chi connectivity index (χ4v) is 3.09. The van der Waals surface area contributed by atoms with Crippen LogP contribution >= 0.6 is 36.0 Å². The van der Waals surface area contributed by atoms with Crippen molar-refractivity contribution in [3.05, 3.63) is 58.6 Å². The van der Waals surface area contributed by atoms with Gasteiger partial charge in [-0.15, -0.1) is 0 Å². The van der Waals surface area contributed by atoms with Crippen molar-refractivity contribution in [3.8, 4) is 0 Å². The number of hydrogen-bond acceptors (Lipinski definition) is 5. The van der Waals surface area contributed by atoms with Crippen LogP contribution in [0.2, 0.25) is 5.02 Å². The molecule has 0 saturated heterocycles. The van der Waals surface area contributed by atoms with Crippen molar-refractivity contribution < 1.29 is 9.59 Å². The van der Waals surface area contributed by atoms with Gasteiger partial charge in [-0.25, -0.2) is 0 Å². The summed E-state index contributed by atoms with van der Waals surface area (Å²) in [6.07, 6.45) is 0. The van der Waals surface area contributed by atoms with Crippen molar-refractivity contribution in [2.24, 2.45) is 0 Å². The lowest BCUT2D eigenvalue weighted by Gasteiger charge is -2.17. The third-order valence-electron chi connectivity index (χ3n) is 3.92. The van der Waals surface area contributed by atoms with Crippen LogP contribution in [0.25, 0.3) is 0 Å². The van der Waals surface area contributed by atoms with Crippen LogP contribution in [0.1, 0.15) is 34.6 Å². The Morgan fingerprint density at radius 1 is 0.781 bits per heavy atom. The van der Waals surface area contributed by atoms with Crippen LogP contribution in [0.3, 0.4) is 0 Å². The number of hydrazine groups is 2. The third kappa shape index (κ3) is 7.52. The van der Waals surface area contributed by atoms with Crippen molar-refractivity contribution in [2.75, 3.05) is 18.4 Å². The average Bonchev–Trinajstić information content (AvgIpc) is 2.77. The second-order valence-electron chi connectivity index (χ2n) is 6.24. The quantitative estimate of drug-likeness (QED) is 0.240. The van der Waals surface area contributed by atoms with E-state index in [1.54, 1.807) is 42.5 Å². The van der Waals surface area contributed by atoms with E-state index in [4.69, 9.17) is 36.0 Å². The highest BCUT2D eigenvalue weighted by Gasteiger charge is 2.16. The fourth-order valence-electron chi connectivity index (χ4n) is 2.52. The molecule has 0 bridgehead atoms. The van der Waals surface area contributed by atoms with Gasteiger partial charge < -0.3 is 16.0 Å².